The Kier molecular flexibility index (Phi) is 6.21. The third kappa shape index (κ3) is 6.20. The fourth-order valence-corrected chi connectivity index (χ4v) is 2.47. The number of rotatable bonds is 7. The van der Waals surface area contributed by atoms with Gasteiger partial charge in [0.2, 0.25) is 5.91 Å². The van der Waals surface area contributed by atoms with Gasteiger partial charge in [-0.2, -0.15) is 0 Å². The number of aliphatic hydroxyl groups is 1. The number of benzene rings is 1. The lowest BCUT2D eigenvalue weighted by Gasteiger charge is -2.25. The van der Waals surface area contributed by atoms with Crippen molar-refractivity contribution >= 4 is 5.91 Å². The average Bonchev–Trinajstić information content (AvgIpc) is 2.34. The largest absolute Gasteiger partial charge is 0.388 e. The van der Waals surface area contributed by atoms with Crippen LogP contribution in [-0.4, -0.2) is 23.2 Å². The fraction of sp³-hybridized carbons (Fsp3) is 0.588. The number of carbonyl (C=O) groups is 1. The maximum absolute atomic E-state index is 11.8. The zero-order valence-corrected chi connectivity index (χ0v) is 13.1. The lowest BCUT2D eigenvalue weighted by atomic mass is 9.94. The Balaban J connectivity index is 2.36. The Labute approximate surface area is 122 Å². The molecule has 1 aromatic carbocycles. The lowest BCUT2D eigenvalue weighted by Crippen LogP contribution is -2.41. The summed E-state index contributed by atoms with van der Waals surface area (Å²) in [6, 6.07) is 8.11. The molecule has 0 aromatic heterocycles. The maximum atomic E-state index is 11.8. The monoisotopic (exact) mass is 277 g/mol. The Bertz CT molecular complexity index is 438. The Morgan fingerprint density at radius 1 is 1.35 bits per heavy atom. The van der Waals surface area contributed by atoms with Gasteiger partial charge in [-0.05, 0) is 43.7 Å². The van der Waals surface area contributed by atoms with Gasteiger partial charge in [0.15, 0.2) is 0 Å². The number of hydrogen-bond donors (Lipinski definition) is 2. The summed E-state index contributed by atoms with van der Waals surface area (Å²) in [6.07, 6.45) is 1.89. The molecule has 1 aromatic rings. The van der Waals surface area contributed by atoms with Crippen LogP contribution in [0.3, 0.4) is 0 Å². The molecule has 0 aliphatic heterocycles. The van der Waals surface area contributed by atoms with Gasteiger partial charge in [-0.25, -0.2) is 0 Å². The Morgan fingerprint density at radius 2 is 2.00 bits per heavy atom. The highest BCUT2D eigenvalue weighted by molar-refractivity contribution is 5.76. The van der Waals surface area contributed by atoms with E-state index in [1.54, 1.807) is 6.92 Å². The topological polar surface area (TPSA) is 49.3 Å². The predicted molar refractivity (Wildman–Crippen MR) is 82.6 cm³/mol. The first-order chi connectivity index (χ1) is 9.30. The van der Waals surface area contributed by atoms with Crippen molar-refractivity contribution in [1.82, 2.24) is 5.32 Å². The first-order valence-corrected chi connectivity index (χ1v) is 7.34. The van der Waals surface area contributed by atoms with Crippen molar-refractivity contribution in [3.05, 3.63) is 35.4 Å². The van der Waals surface area contributed by atoms with Crippen LogP contribution in [0.2, 0.25) is 0 Å². The van der Waals surface area contributed by atoms with E-state index in [1.165, 1.54) is 11.1 Å². The predicted octanol–water partition coefficient (Wildman–Crippen LogP) is 2.84. The van der Waals surface area contributed by atoms with Crippen LogP contribution in [0, 0.1) is 12.8 Å². The molecule has 20 heavy (non-hydrogen) atoms. The van der Waals surface area contributed by atoms with Crippen molar-refractivity contribution < 1.29 is 9.90 Å². The van der Waals surface area contributed by atoms with Gasteiger partial charge in [0, 0.05) is 13.0 Å². The fourth-order valence-electron chi connectivity index (χ4n) is 2.47. The minimum atomic E-state index is -0.827. The lowest BCUT2D eigenvalue weighted by molar-refractivity contribution is -0.122. The molecule has 1 unspecified atom stereocenters. The molecule has 1 atom stereocenters. The minimum Gasteiger partial charge on any atom is -0.388 e. The molecule has 3 nitrogen and oxygen atoms in total. The summed E-state index contributed by atoms with van der Waals surface area (Å²) in [4.78, 5) is 11.8. The molecule has 1 rings (SSSR count). The molecule has 0 aliphatic rings. The highest BCUT2D eigenvalue weighted by Gasteiger charge is 2.22. The van der Waals surface area contributed by atoms with E-state index in [9.17, 15) is 9.90 Å². The van der Waals surface area contributed by atoms with Gasteiger partial charge in [-0.3, -0.25) is 4.79 Å². The smallest absolute Gasteiger partial charge is 0.220 e. The van der Waals surface area contributed by atoms with Crippen LogP contribution >= 0.6 is 0 Å². The summed E-state index contributed by atoms with van der Waals surface area (Å²) in [5.41, 5.74) is 1.59. The minimum absolute atomic E-state index is 0.00251. The number of aryl methyl sites for hydroxylation is 2. The van der Waals surface area contributed by atoms with E-state index in [2.05, 4.69) is 38.2 Å². The third-order valence-corrected chi connectivity index (χ3v) is 3.40. The van der Waals surface area contributed by atoms with Crippen LogP contribution in [0.1, 0.15) is 44.7 Å². The first-order valence-electron chi connectivity index (χ1n) is 7.34. The Morgan fingerprint density at radius 3 is 2.60 bits per heavy atom. The highest BCUT2D eigenvalue weighted by Crippen LogP contribution is 2.15. The number of hydrogen-bond acceptors (Lipinski definition) is 2. The molecule has 2 N–H and O–H groups in total. The van der Waals surface area contributed by atoms with Gasteiger partial charge < -0.3 is 10.4 Å². The summed E-state index contributed by atoms with van der Waals surface area (Å²) in [6.45, 7) is 8.27. The summed E-state index contributed by atoms with van der Waals surface area (Å²) < 4.78 is 0. The average molecular weight is 277 g/mol. The van der Waals surface area contributed by atoms with E-state index in [-0.39, 0.29) is 5.91 Å². The maximum Gasteiger partial charge on any atom is 0.220 e. The van der Waals surface area contributed by atoms with E-state index in [0.29, 0.717) is 25.3 Å². The number of nitrogens with one attached hydrogen (secondary N) is 1. The second-order valence-corrected chi connectivity index (χ2v) is 6.30. The van der Waals surface area contributed by atoms with Crippen molar-refractivity contribution in [1.29, 1.82) is 0 Å². The molecule has 0 radical (unpaired) electrons. The van der Waals surface area contributed by atoms with Crippen molar-refractivity contribution in [2.75, 3.05) is 6.54 Å². The molecule has 1 amide bonds. The molecule has 112 valence electrons. The first kappa shape index (κ1) is 16.7. The molecule has 0 heterocycles. The van der Waals surface area contributed by atoms with Crippen LogP contribution in [0.15, 0.2) is 24.3 Å². The molecule has 0 saturated carbocycles. The van der Waals surface area contributed by atoms with E-state index < -0.39 is 5.60 Å². The summed E-state index contributed by atoms with van der Waals surface area (Å²) in [7, 11) is 0. The quantitative estimate of drug-likeness (QED) is 0.805. The SMILES string of the molecule is Cc1ccccc1CCC(=O)NCC(C)(O)CC(C)C. The van der Waals surface area contributed by atoms with Gasteiger partial charge in [-0.15, -0.1) is 0 Å². The molecule has 0 spiro atoms. The second-order valence-electron chi connectivity index (χ2n) is 6.30. The van der Waals surface area contributed by atoms with E-state index in [0.717, 1.165) is 6.42 Å². The normalized spacial score (nSPS) is 14.1. The zero-order valence-electron chi connectivity index (χ0n) is 13.1. The summed E-state index contributed by atoms with van der Waals surface area (Å²) in [5, 5.41) is 13.0. The van der Waals surface area contributed by atoms with Crippen LogP contribution in [0.4, 0.5) is 0 Å². The van der Waals surface area contributed by atoms with Gasteiger partial charge in [0.1, 0.15) is 0 Å². The molecule has 3 heteroatoms. The van der Waals surface area contributed by atoms with Gasteiger partial charge in [0.05, 0.1) is 5.60 Å². The molecule has 0 saturated heterocycles. The van der Waals surface area contributed by atoms with E-state index in [4.69, 9.17) is 0 Å². The summed E-state index contributed by atoms with van der Waals surface area (Å²) >= 11 is 0. The van der Waals surface area contributed by atoms with Crippen molar-refractivity contribution in [3.63, 3.8) is 0 Å². The van der Waals surface area contributed by atoms with Crippen molar-refractivity contribution in [2.45, 2.75) is 52.6 Å². The Hall–Kier alpha value is -1.35. The van der Waals surface area contributed by atoms with Gasteiger partial charge in [-0.1, -0.05) is 38.1 Å². The van der Waals surface area contributed by atoms with E-state index in [1.807, 2.05) is 12.1 Å². The molecule has 0 bridgehead atoms. The molecular weight excluding hydrogens is 250 g/mol. The van der Waals surface area contributed by atoms with Gasteiger partial charge >= 0.3 is 0 Å². The van der Waals surface area contributed by atoms with Crippen LogP contribution in [0.5, 0.6) is 0 Å². The molecular formula is C17H27NO2. The second kappa shape index (κ2) is 7.44. The number of amides is 1. The van der Waals surface area contributed by atoms with Crippen molar-refractivity contribution in [3.8, 4) is 0 Å². The summed E-state index contributed by atoms with van der Waals surface area (Å²) in [5.74, 6) is 0.408. The standard InChI is InChI=1S/C17H27NO2/c1-13(2)11-17(4,20)12-18-16(19)10-9-15-8-6-5-7-14(15)3/h5-8,13,20H,9-12H2,1-4H3,(H,18,19). The molecule has 0 aliphatic carbocycles. The van der Waals surface area contributed by atoms with Crippen LogP contribution < -0.4 is 5.32 Å². The van der Waals surface area contributed by atoms with Gasteiger partial charge in [0.25, 0.3) is 0 Å². The van der Waals surface area contributed by atoms with Crippen LogP contribution in [-0.2, 0) is 11.2 Å². The highest BCUT2D eigenvalue weighted by atomic mass is 16.3. The molecule has 0 fully saturated rings. The third-order valence-electron chi connectivity index (χ3n) is 3.40. The van der Waals surface area contributed by atoms with E-state index >= 15 is 0 Å². The zero-order chi connectivity index (χ0) is 15.2. The van der Waals surface area contributed by atoms with Crippen LogP contribution in [0.25, 0.3) is 0 Å². The number of carbonyl (C=O) groups excluding carboxylic acids is 1. The van der Waals surface area contributed by atoms with Crippen molar-refractivity contribution in [2.24, 2.45) is 5.92 Å².